The van der Waals surface area contributed by atoms with Crippen molar-refractivity contribution in [3.8, 4) is 0 Å². The molecule has 1 aromatic heterocycles. The molecule has 1 amide bonds. The van der Waals surface area contributed by atoms with Gasteiger partial charge < -0.3 is 0 Å². The molecule has 4 rings (SSSR count). The summed E-state index contributed by atoms with van der Waals surface area (Å²) in [6, 6.07) is 18.7. The highest BCUT2D eigenvalue weighted by atomic mass is 16.2. The van der Waals surface area contributed by atoms with Gasteiger partial charge in [-0.15, -0.1) is 0 Å². The van der Waals surface area contributed by atoms with Gasteiger partial charge in [-0.2, -0.15) is 10.1 Å². The largest absolute Gasteiger partial charge is 0.274 e. The summed E-state index contributed by atoms with van der Waals surface area (Å²) in [5.74, 6) is 0.581. The summed E-state index contributed by atoms with van der Waals surface area (Å²) in [5, 5.41) is 4.47. The van der Waals surface area contributed by atoms with Gasteiger partial charge in [0.2, 0.25) is 11.9 Å². The maximum absolute atomic E-state index is 13.1. The van der Waals surface area contributed by atoms with E-state index in [1.165, 1.54) is 11.1 Å². The van der Waals surface area contributed by atoms with Crippen molar-refractivity contribution in [1.82, 2.24) is 14.8 Å². The van der Waals surface area contributed by atoms with E-state index in [9.17, 15) is 4.79 Å². The summed E-state index contributed by atoms with van der Waals surface area (Å²) in [6.45, 7) is 5.94. The number of aromatic nitrogens is 3. The molecule has 0 unspecified atom stereocenters. The number of carbonyl (C=O) groups excluding carboxylic acids is 1. The van der Waals surface area contributed by atoms with Gasteiger partial charge in [0, 0.05) is 5.92 Å². The van der Waals surface area contributed by atoms with Crippen molar-refractivity contribution in [2.24, 2.45) is 5.92 Å². The number of benzene rings is 2. The minimum absolute atomic E-state index is 0.0459. The predicted molar refractivity (Wildman–Crippen MR) is 105 cm³/mol. The molecular weight excluding hydrogens is 336 g/mol. The Balaban J connectivity index is 1.84. The summed E-state index contributed by atoms with van der Waals surface area (Å²) in [6.07, 6.45) is 2.31. The van der Waals surface area contributed by atoms with Crippen LogP contribution in [0, 0.1) is 12.8 Å². The van der Waals surface area contributed by atoms with Gasteiger partial charge in [0.25, 0.3) is 0 Å². The van der Waals surface area contributed by atoms with Crippen LogP contribution < -0.4 is 4.90 Å². The molecule has 0 aliphatic carbocycles. The standard InChI is InChI=1S/C22H24N4O/c1-15(2)21(27)25-19(17-7-5-4-6-8-17)13-20(26-22(25)23-14-24-26)18-11-9-16(3)10-12-18/h4-12,14-15,19-20H,13H2,1-3H3/t19-,20-/m0/s1. The summed E-state index contributed by atoms with van der Waals surface area (Å²) < 4.78 is 1.89. The van der Waals surface area contributed by atoms with Gasteiger partial charge >= 0.3 is 0 Å². The molecular formula is C22H24N4O. The molecule has 2 aromatic carbocycles. The molecule has 3 aromatic rings. The van der Waals surface area contributed by atoms with Gasteiger partial charge in [0.05, 0.1) is 12.1 Å². The fourth-order valence-corrected chi connectivity index (χ4v) is 3.75. The molecule has 5 heteroatoms. The first-order chi connectivity index (χ1) is 13.1. The van der Waals surface area contributed by atoms with Crippen LogP contribution in [0.15, 0.2) is 60.9 Å². The van der Waals surface area contributed by atoms with Crippen molar-refractivity contribution in [2.75, 3.05) is 4.90 Å². The first kappa shape index (κ1) is 17.5. The number of aryl methyl sites for hydroxylation is 1. The van der Waals surface area contributed by atoms with Gasteiger partial charge in [-0.1, -0.05) is 74.0 Å². The van der Waals surface area contributed by atoms with Crippen LogP contribution in [0.2, 0.25) is 0 Å². The molecule has 1 aliphatic rings. The van der Waals surface area contributed by atoms with Crippen LogP contribution in [-0.2, 0) is 4.79 Å². The van der Waals surface area contributed by atoms with Crippen LogP contribution in [0.4, 0.5) is 5.95 Å². The van der Waals surface area contributed by atoms with Crippen LogP contribution in [0.1, 0.15) is 49.0 Å². The van der Waals surface area contributed by atoms with E-state index in [0.29, 0.717) is 5.95 Å². The topological polar surface area (TPSA) is 51.0 Å². The average molecular weight is 360 g/mol. The lowest BCUT2D eigenvalue weighted by Crippen LogP contribution is -2.44. The smallest absolute Gasteiger partial charge is 0.232 e. The van der Waals surface area contributed by atoms with Crippen molar-refractivity contribution in [3.05, 3.63) is 77.6 Å². The number of rotatable bonds is 3. The van der Waals surface area contributed by atoms with Crippen molar-refractivity contribution in [1.29, 1.82) is 0 Å². The van der Waals surface area contributed by atoms with E-state index in [-0.39, 0.29) is 23.9 Å². The van der Waals surface area contributed by atoms with Gasteiger partial charge in [0.15, 0.2) is 0 Å². The van der Waals surface area contributed by atoms with Crippen LogP contribution in [0.3, 0.4) is 0 Å². The van der Waals surface area contributed by atoms with Crippen LogP contribution in [-0.4, -0.2) is 20.7 Å². The molecule has 0 bridgehead atoms. The fraction of sp³-hybridized carbons (Fsp3) is 0.318. The van der Waals surface area contributed by atoms with Gasteiger partial charge in [-0.25, -0.2) is 4.68 Å². The molecule has 2 atom stereocenters. The number of amides is 1. The summed E-state index contributed by atoms with van der Waals surface area (Å²) in [4.78, 5) is 19.4. The maximum atomic E-state index is 13.1. The first-order valence-electron chi connectivity index (χ1n) is 9.40. The second-order valence-electron chi connectivity index (χ2n) is 7.46. The molecule has 5 nitrogen and oxygen atoms in total. The molecule has 0 spiro atoms. The Morgan fingerprint density at radius 1 is 1.00 bits per heavy atom. The third-order valence-electron chi connectivity index (χ3n) is 5.20. The van der Waals surface area contributed by atoms with Crippen molar-refractivity contribution >= 4 is 11.9 Å². The summed E-state index contributed by atoms with van der Waals surface area (Å²) in [7, 11) is 0. The molecule has 0 saturated carbocycles. The minimum Gasteiger partial charge on any atom is -0.274 e. The number of fused-ring (bicyclic) bond motifs is 1. The zero-order valence-electron chi connectivity index (χ0n) is 15.9. The Morgan fingerprint density at radius 2 is 1.67 bits per heavy atom. The van der Waals surface area contributed by atoms with Crippen LogP contribution in [0.25, 0.3) is 0 Å². The highest BCUT2D eigenvalue weighted by Crippen LogP contribution is 2.42. The van der Waals surface area contributed by atoms with Crippen molar-refractivity contribution in [2.45, 2.75) is 39.3 Å². The van der Waals surface area contributed by atoms with E-state index in [0.717, 1.165) is 12.0 Å². The second kappa shape index (κ2) is 6.99. The number of carbonyl (C=O) groups is 1. The molecule has 2 heterocycles. The number of hydrogen-bond acceptors (Lipinski definition) is 3. The Kier molecular flexibility index (Phi) is 4.52. The van der Waals surface area contributed by atoms with Crippen molar-refractivity contribution in [3.63, 3.8) is 0 Å². The predicted octanol–water partition coefficient (Wildman–Crippen LogP) is 4.31. The highest BCUT2D eigenvalue weighted by Gasteiger charge is 2.39. The van der Waals surface area contributed by atoms with Gasteiger partial charge in [-0.3, -0.25) is 9.69 Å². The molecule has 138 valence electrons. The molecule has 1 aliphatic heterocycles. The third kappa shape index (κ3) is 3.14. The average Bonchev–Trinajstić information content (AvgIpc) is 3.17. The minimum atomic E-state index is -0.114. The lowest BCUT2D eigenvalue weighted by atomic mass is 9.91. The zero-order valence-corrected chi connectivity index (χ0v) is 15.9. The summed E-state index contributed by atoms with van der Waals surface area (Å²) in [5.41, 5.74) is 3.53. The van der Waals surface area contributed by atoms with E-state index in [2.05, 4.69) is 53.4 Å². The Labute approximate surface area is 159 Å². The molecule has 0 N–H and O–H groups in total. The van der Waals surface area contributed by atoms with E-state index in [4.69, 9.17) is 0 Å². The number of anilines is 1. The first-order valence-corrected chi connectivity index (χ1v) is 9.40. The third-order valence-corrected chi connectivity index (χ3v) is 5.20. The van der Waals surface area contributed by atoms with E-state index < -0.39 is 0 Å². The lowest BCUT2D eigenvalue weighted by molar-refractivity contribution is -0.122. The molecule has 0 saturated heterocycles. The van der Waals surface area contributed by atoms with E-state index in [1.54, 1.807) is 6.33 Å². The Hall–Kier alpha value is -2.95. The lowest BCUT2D eigenvalue weighted by Gasteiger charge is -2.39. The van der Waals surface area contributed by atoms with E-state index in [1.807, 2.05) is 41.6 Å². The van der Waals surface area contributed by atoms with Gasteiger partial charge in [-0.05, 0) is 24.5 Å². The van der Waals surface area contributed by atoms with E-state index >= 15 is 0 Å². The monoisotopic (exact) mass is 360 g/mol. The second-order valence-corrected chi connectivity index (χ2v) is 7.46. The SMILES string of the molecule is Cc1ccc([C@@H]2C[C@@H](c3ccccc3)N(C(=O)C(C)C)c3ncnn32)cc1. The Bertz CT molecular complexity index is 930. The van der Waals surface area contributed by atoms with Crippen LogP contribution in [0.5, 0.6) is 0 Å². The highest BCUT2D eigenvalue weighted by molar-refractivity contribution is 5.94. The molecule has 0 radical (unpaired) electrons. The summed E-state index contributed by atoms with van der Waals surface area (Å²) >= 11 is 0. The number of hydrogen-bond donors (Lipinski definition) is 0. The molecule has 0 fully saturated rings. The maximum Gasteiger partial charge on any atom is 0.232 e. The molecule has 27 heavy (non-hydrogen) atoms. The zero-order chi connectivity index (χ0) is 19.0. The number of nitrogens with zero attached hydrogens (tertiary/aromatic N) is 4. The van der Waals surface area contributed by atoms with Crippen molar-refractivity contribution < 1.29 is 4.79 Å². The van der Waals surface area contributed by atoms with Crippen LogP contribution >= 0.6 is 0 Å². The van der Waals surface area contributed by atoms with Gasteiger partial charge in [0.1, 0.15) is 6.33 Å². The normalized spacial score (nSPS) is 19.2. The Morgan fingerprint density at radius 3 is 2.33 bits per heavy atom. The fourth-order valence-electron chi connectivity index (χ4n) is 3.75. The quantitative estimate of drug-likeness (QED) is 0.699.